The second-order valence-electron chi connectivity index (χ2n) is 2.33. The largest absolute Gasteiger partial charge is 0.442 e. The van der Waals surface area contributed by atoms with Gasteiger partial charge < -0.3 is 10.5 Å². The molecule has 0 aliphatic heterocycles. The summed E-state index contributed by atoms with van der Waals surface area (Å²) < 4.78 is 4.65. The Balaban J connectivity index is 3.99. The summed E-state index contributed by atoms with van der Waals surface area (Å²) in [4.78, 5) is 10.3. The molecule has 0 rings (SSSR count). The van der Waals surface area contributed by atoms with Crippen LogP contribution in [0.15, 0.2) is 0 Å². The van der Waals surface area contributed by atoms with Crippen LogP contribution in [0.4, 0.5) is 4.79 Å². The minimum absolute atomic E-state index is 0.0972. The van der Waals surface area contributed by atoms with Crippen molar-refractivity contribution in [3.63, 3.8) is 0 Å². The Bertz CT molecular complexity index is 136. The molecule has 0 spiro atoms. The quantitative estimate of drug-likeness (QED) is 0.783. The van der Waals surface area contributed by atoms with Crippen LogP contribution in [-0.4, -0.2) is 15.4 Å². The van der Waals surface area contributed by atoms with Gasteiger partial charge in [0.1, 0.15) is 9.34 Å². The maximum absolute atomic E-state index is 10.3. The van der Waals surface area contributed by atoms with E-state index in [-0.39, 0.29) is 3.74 Å². The average Bonchev–Trinajstić information content (AvgIpc) is 1.60. The smallest absolute Gasteiger partial charge is 0.405 e. The third kappa shape index (κ3) is 3.41. The monoisotopic (exact) mass is 273 g/mol. The molecule has 2 N–H and O–H groups in total. The van der Waals surface area contributed by atoms with Gasteiger partial charge in [-0.25, -0.2) is 4.79 Å². The third-order valence-electron chi connectivity index (χ3n) is 0.889. The van der Waals surface area contributed by atoms with Crippen LogP contribution in [0.3, 0.4) is 0 Å². The number of halogens is 2. The first-order valence-electron chi connectivity index (χ1n) is 2.63. The molecule has 1 amide bonds. The Morgan fingerprint density at radius 1 is 1.60 bits per heavy atom. The first-order chi connectivity index (χ1) is 4.36. The molecule has 0 atom stereocenters. The molecule has 0 aliphatic rings. The molecular formula is C5H9Br2NO2. The van der Waals surface area contributed by atoms with Gasteiger partial charge in [0.2, 0.25) is 0 Å². The minimum Gasteiger partial charge on any atom is -0.442 e. The van der Waals surface area contributed by atoms with Gasteiger partial charge in [-0.15, -0.1) is 0 Å². The molecule has 10 heavy (non-hydrogen) atoms. The van der Waals surface area contributed by atoms with Crippen molar-refractivity contribution in [1.82, 2.24) is 0 Å². The molecule has 0 saturated heterocycles. The van der Waals surface area contributed by atoms with Crippen molar-refractivity contribution in [3.8, 4) is 0 Å². The molecule has 0 unspecified atom stereocenters. The summed E-state index contributed by atoms with van der Waals surface area (Å²) in [7, 11) is 0. The molecule has 0 aromatic carbocycles. The fraction of sp³-hybridized carbons (Fsp3) is 0.800. The van der Waals surface area contributed by atoms with Gasteiger partial charge >= 0.3 is 6.09 Å². The Labute approximate surface area is 76.5 Å². The number of ether oxygens (including phenoxy) is 1. The zero-order valence-electron chi connectivity index (χ0n) is 5.73. The van der Waals surface area contributed by atoms with Gasteiger partial charge in [-0.1, -0.05) is 31.9 Å². The lowest BCUT2D eigenvalue weighted by Crippen LogP contribution is -2.36. The van der Waals surface area contributed by atoms with Crippen molar-refractivity contribution in [3.05, 3.63) is 0 Å². The second kappa shape index (κ2) is 3.57. The molecule has 0 bridgehead atoms. The van der Waals surface area contributed by atoms with Crippen molar-refractivity contribution in [1.29, 1.82) is 0 Å². The van der Waals surface area contributed by atoms with Gasteiger partial charge in [-0.2, -0.15) is 0 Å². The number of rotatable bonds is 2. The normalized spacial score (nSPS) is 11.7. The number of carbonyl (C=O) groups is 1. The number of alkyl halides is 2. The highest BCUT2D eigenvalue weighted by atomic mass is 79.9. The highest BCUT2D eigenvalue weighted by Gasteiger charge is 2.28. The lowest BCUT2D eigenvalue weighted by molar-refractivity contribution is 0.0600. The molecule has 0 saturated carbocycles. The summed E-state index contributed by atoms with van der Waals surface area (Å²) in [5, 5.41) is 0. The second-order valence-corrected chi connectivity index (χ2v) is 5.39. The van der Waals surface area contributed by atoms with E-state index in [0.29, 0.717) is 0 Å². The SMILES string of the molecule is CC(C)(OC(N)=O)C(Br)Br. The van der Waals surface area contributed by atoms with Crippen molar-refractivity contribution < 1.29 is 9.53 Å². The fourth-order valence-corrected chi connectivity index (χ4v) is 0.491. The van der Waals surface area contributed by atoms with Crippen LogP contribution in [-0.2, 0) is 4.74 Å². The zero-order valence-corrected chi connectivity index (χ0v) is 8.90. The van der Waals surface area contributed by atoms with Gasteiger partial charge in [-0.05, 0) is 13.8 Å². The number of amides is 1. The topological polar surface area (TPSA) is 52.3 Å². The van der Waals surface area contributed by atoms with E-state index in [0.717, 1.165) is 0 Å². The highest BCUT2D eigenvalue weighted by Crippen LogP contribution is 2.26. The minimum atomic E-state index is -0.770. The predicted octanol–water partition coefficient (Wildman–Crippen LogP) is 1.98. The van der Waals surface area contributed by atoms with Gasteiger partial charge in [0.15, 0.2) is 0 Å². The van der Waals surface area contributed by atoms with Crippen LogP contribution in [0.25, 0.3) is 0 Å². The number of nitrogens with two attached hydrogens (primary N) is 1. The van der Waals surface area contributed by atoms with Crippen molar-refractivity contribution >= 4 is 38.0 Å². The summed E-state index contributed by atoms with van der Waals surface area (Å²) in [6.07, 6.45) is -0.770. The van der Waals surface area contributed by atoms with E-state index in [9.17, 15) is 4.79 Å². The molecule has 60 valence electrons. The maximum atomic E-state index is 10.3. The molecule has 0 radical (unpaired) electrons. The summed E-state index contributed by atoms with van der Waals surface area (Å²) >= 11 is 6.42. The summed E-state index contributed by atoms with van der Waals surface area (Å²) in [5.41, 5.74) is 4.19. The lowest BCUT2D eigenvalue weighted by Gasteiger charge is -2.25. The number of hydrogen-bond donors (Lipinski definition) is 1. The van der Waals surface area contributed by atoms with Crippen molar-refractivity contribution in [2.24, 2.45) is 5.73 Å². The number of primary amides is 1. The maximum Gasteiger partial charge on any atom is 0.405 e. The molecule has 0 heterocycles. The standard InChI is InChI=1S/C5H9Br2NO2/c1-5(2,3(6)7)10-4(8)9/h3H,1-2H3,(H2,8,9). The van der Waals surface area contributed by atoms with Crippen LogP contribution >= 0.6 is 31.9 Å². The molecule has 5 heteroatoms. The van der Waals surface area contributed by atoms with Crippen LogP contribution in [0, 0.1) is 0 Å². The van der Waals surface area contributed by atoms with E-state index >= 15 is 0 Å². The lowest BCUT2D eigenvalue weighted by atomic mass is 10.2. The van der Waals surface area contributed by atoms with Gasteiger partial charge in [0.05, 0.1) is 0 Å². The molecule has 3 nitrogen and oxygen atoms in total. The average molecular weight is 275 g/mol. The fourth-order valence-electron chi connectivity index (χ4n) is 0.304. The van der Waals surface area contributed by atoms with Gasteiger partial charge in [0, 0.05) is 0 Å². The van der Waals surface area contributed by atoms with Gasteiger partial charge in [0.25, 0.3) is 0 Å². The van der Waals surface area contributed by atoms with Crippen LogP contribution in [0.5, 0.6) is 0 Å². The van der Waals surface area contributed by atoms with Gasteiger partial charge in [-0.3, -0.25) is 0 Å². The Kier molecular flexibility index (Phi) is 3.65. The summed E-state index contributed by atoms with van der Waals surface area (Å²) in [6, 6.07) is 0. The zero-order chi connectivity index (χ0) is 8.36. The Morgan fingerprint density at radius 3 is 2.10 bits per heavy atom. The Morgan fingerprint density at radius 2 is 2.00 bits per heavy atom. The van der Waals surface area contributed by atoms with Crippen LogP contribution in [0.1, 0.15) is 13.8 Å². The van der Waals surface area contributed by atoms with Crippen LogP contribution in [0.2, 0.25) is 0 Å². The number of hydrogen-bond acceptors (Lipinski definition) is 2. The van der Waals surface area contributed by atoms with E-state index in [4.69, 9.17) is 10.5 Å². The van der Waals surface area contributed by atoms with E-state index < -0.39 is 11.7 Å². The van der Waals surface area contributed by atoms with E-state index in [1.807, 2.05) is 0 Å². The van der Waals surface area contributed by atoms with E-state index in [1.54, 1.807) is 13.8 Å². The highest BCUT2D eigenvalue weighted by molar-refractivity contribution is 9.24. The van der Waals surface area contributed by atoms with Crippen molar-refractivity contribution in [2.45, 2.75) is 23.2 Å². The molecular weight excluding hydrogens is 266 g/mol. The molecule has 0 fully saturated rings. The Hall–Kier alpha value is 0.230. The first-order valence-corrected chi connectivity index (χ1v) is 4.46. The molecule has 0 aromatic rings. The molecule has 0 aromatic heterocycles. The predicted molar refractivity (Wildman–Crippen MR) is 46.4 cm³/mol. The third-order valence-corrected chi connectivity index (χ3v) is 3.09. The van der Waals surface area contributed by atoms with Crippen molar-refractivity contribution in [2.75, 3.05) is 0 Å². The summed E-state index contributed by atoms with van der Waals surface area (Å²) in [5.74, 6) is 0. The molecule has 0 aliphatic carbocycles. The van der Waals surface area contributed by atoms with E-state index in [1.165, 1.54) is 0 Å². The first kappa shape index (κ1) is 10.2. The van der Waals surface area contributed by atoms with E-state index in [2.05, 4.69) is 31.9 Å². The number of carbonyl (C=O) groups excluding carboxylic acids is 1. The summed E-state index contributed by atoms with van der Waals surface area (Å²) in [6.45, 7) is 3.48. The van der Waals surface area contributed by atoms with Crippen LogP contribution < -0.4 is 5.73 Å².